The number of carboxylic acids is 3. The lowest BCUT2D eigenvalue weighted by Crippen LogP contribution is -2.13. The van der Waals surface area contributed by atoms with E-state index in [4.69, 9.17) is 14.9 Å². The van der Waals surface area contributed by atoms with Crippen LogP contribution in [-0.4, -0.2) is 45.8 Å². The average Bonchev–Trinajstić information content (AvgIpc) is 3.27. The van der Waals surface area contributed by atoms with Crippen molar-refractivity contribution in [3.63, 3.8) is 0 Å². The lowest BCUT2D eigenvalue weighted by Gasteiger charge is -2.12. The van der Waals surface area contributed by atoms with Crippen LogP contribution in [0.2, 0.25) is 0 Å². The van der Waals surface area contributed by atoms with Gasteiger partial charge in [-0.2, -0.15) is 0 Å². The van der Waals surface area contributed by atoms with Crippen LogP contribution in [0.1, 0.15) is 309 Å². The number of carbonyl (C=O) groups is 4. The minimum absolute atomic E-state index is 0.0661. The van der Waals surface area contributed by atoms with Crippen molar-refractivity contribution >= 4 is 23.9 Å². The third kappa shape index (κ3) is 57.6. The van der Waals surface area contributed by atoms with E-state index in [1.165, 1.54) is 167 Å². The molecule has 0 radical (unpaired) electrons. The molecule has 0 heterocycles. The summed E-state index contributed by atoms with van der Waals surface area (Å²) in [5.41, 5.74) is 0. The molecule has 1 unspecified atom stereocenters. The predicted molar refractivity (Wildman–Crippen MR) is 270 cm³/mol. The summed E-state index contributed by atoms with van der Waals surface area (Å²) in [6, 6.07) is 0. The van der Waals surface area contributed by atoms with Crippen molar-refractivity contribution in [3.8, 4) is 0 Å². The fourth-order valence-corrected chi connectivity index (χ4v) is 8.39. The molecule has 0 rings (SSSR count). The Morgan fingerprint density at radius 3 is 0.969 bits per heavy atom. The molecule has 378 valence electrons. The van der Waals surface area contributed by atoms with Crippen LogP contribution in [0.5, 0.6) is 0 Å². The topological polar surface area (TPSA) is 138 Å². The Morgan fingerprint density at radius 1 is 0.359 bits per heavy atom. The number of carboxylic acid groups (broad SMARTS) is 3. The summed E-state index contributed by atoms with van der Waals surface area (Å²) in [4.78, 5) is 44.1. The number of hydrogen-bond donors (Lipinski definition) is 3. The highest BCUT2D eigenvalue weighted by Gasteiger charge is 2.16. The highest BCUT2D eigenvalue weighted by Crippen LogP contribution is 2.20. The van der Waals surface area contributed by atoms with Crippen molar-refractivity contribution < 1.29 is 39.2 Å². The first kappa shape index (κ1) is 63.7. The van der Waals surface area contributed by atoms with Crippen LogP contribution in [0.15, 0.2) is 12.2 Å². The van der Waals surface area contributed by atoms with Gasteiger partial charge in [0, 0.05) is 19.3 Å². The standard InChI is InChI=1S/C28H52O4.C28H54O4/c1-2-3-4-5-6-7-8-9-10-11-12-13-14-17-20-23-26-32-28(31)25-22-19-16-15-18-21-24-27(29)30;1-2-3-4-5-6-7-8-9-10-11-12-13-14-15-17-20-23-26(28(31)32)24-21-18-16-19-22-25-27(29)30/h9-10H,2-8,11-26H2,1H3,(H,29,30);26H,2-25H2,1H3,(H,29,30)(H,31,32)/b10-9-;. The van der Waals surface area contributed by atoms with E-state index in [0.29, 0.717) is 13.0 Å². The molecular weight excluding hydrogens is 801 g/mol. The summed E-state index contributed by atoms with van der Waals surface area (Å²) < 4.78 is 5.32. The Kier molecular flexibility index (Phi) is 54.7. The van der Waals surface area contributed by atoms with Gasteiger partial charge in [0.2, 0.25) is 0 Å². The lowest BCUT2D eigenvalue weighted by atomic mass is 9.94. The maximum absolute atomic E-state index is 11.7. The zero-order chi connectivity index (χ0) is 47.2. The molecule has 64 heavy (non-hydrogen) atoms. The quantitative estimate of drug-likeness (QED) is 0.0312. The van der Waals surface area contributed by atoms with Crippen LogP contribution < -0.4 is 0 Å². The fourth-order valence-electron chi connectivity index (χ4n) is 8.39. The minimum Gasteiger partial charge on any atom is -0.481 e. The summed E-state index contributed by atoms with van der Waals surface area (Å²) in [6.07, 6.45) is 57.2. The summed E-state index contributed by atoms with van der Waals surface area (Å²) >= 11 is 0. The van der Waals surface area contributed by atoms with E-state index in [-0.39, 0.29) is 24.7 Å². The van der Waals surface area contributed by atoms with Crippen LogP contribution in [0.4, 0.5) is 0 Å². The second kappa shape index (κ2) is 55.0. The highest BCUT2D eigenvalue weighted by molar-refractivity contribution is 5.70. The molecule has 0 aromatic heterocycles. The average molecular weight is 907 g/mol. The van der Waals surface area contributed by atoms with E-state index in [0.717, 1.165) is 109 Å². The molecule has 0 aliphatic carbocycles. The van der Waals surface area contributed by atoms with Crippen LogP contribution in [-0.2, 0) is 23.9 Å². The Balaban J connectivity index is 0. The third-order valence-electron chi connectivity index (χ3n) is 12.6. The molecule has 0 bridgehead atoms. The molecule has 0 fully saturated rings. The number of carbonyl (C=O) groups excluding carboxylic acids is 1. The second-order valence-electron chi connectivity index (χ2n) is 19.0. The maximum atomic E-state index is 11.7. The smallest absolute Gasteiger partial charge is 0.306 e. The van der Waals surface area contributed by atoms with E-state index in [2.05, 4.69) is 26.0 Å². The summed E-state index contributed by atoms with van der Waals surface area (Å²) in [6.45, 7) is 5.11. The molecule has 0 aromatic rings. The predicted octanol–water partition coefficient (Wildman–Crippen LogP) is 17.9. The van der Waals surface area contributed by atoms with Gasteiger partial charge in [-0.05, 0) is 64.2 Å². The summed E-state index contributed by atoms with van der Waals surface area (Å²) in [5, 5.41) is 26.6. The summed E-state index contributed by atoms with van der Waals surface area (Å²) in [7, 11) is 0. The van der Waals surface area contributed by atoms with Crippen molar-refractivity contribution in [3.05, 3.63) is 12.2 Å². The first-order chi connectivity index (χ1) is 31.2. The van der Waals surface area contributed by atoms with E-state index in [1.807, 2.05) is 0 Å². The van der Waals surface area contributed by atoms with Gasteiger partial charge < -0.3 is 20.1 Å². The molecule has 0 aromatic carbocycles. The number of esters is 1. The van der Waals surface area contributed by atoms with Gasteiger partial charge in [-0.25, -0.2) is 0 Å². The number of aliphatic carboxylic acids is 3. The van der Waals surface area contributed by atoms with Crippen molar-refractivity contribution in [2.75, 3.05) is 6.61 Å². The van der Waals surface area contributed by atoms with E-state index in [1.54, 1.807) is 0 Å². The Morgan fingerprint density at radius 2 is 0.641 bits per heavy atom. The van der Waals surface area contributed by atoms with Crippen LogP contribution in [0.3, 0.4) is 0 Å². The van der Waals surface area contributed by atoms with Gasteiger partial charge in [-0.15, -0.1) is 0 Å². The van der Waals surface area contributed by atoms with Gasteiger partial charge in [0.05, 0.1) is 12.5 Å². The van der Waals surface area contributed by atoms with Crippen LogP contribution >= 0.6 is 0 Å². The molecule has 0 spiro atoms. The van der Waals surface area contributed by atoms with Gasteiger partial charge in [0.25, 0.3) is 0 Å². The maximum Gasteiger partial charge on any atom is 0.306 e. The first-order valence-electron chi connectivity index (χ1n) is 27.7. The van der Waals surface area contributed by atoms with E-state index >= 15 is 0 Å². The van der Waals surface area contributed by atoms with E-state index < -0.39 is 17.9 Å². The molecule has 0 aliphatic rings. The SMILES string of the molecule is CCCCCCCC/C=C\CCCCCCCCOC(=O)CCCCCCCCC(=O)O.CCCCCCCCCCCCCCCCCCC(CCCCCCCC(=O)O)C(=O)O. The van der Waals surface area contributed by atoms with E-state index in [9.17, 15) is 24.3 Å². The highest BCUT2D eigenvalue weighted by atomic mass is 16.5. The van der Waals surface area contributed by atoms with Gasteiger partial charge in [0.1, 0.15) is 0 Å². The molecular formula is C56H106O8. The number of allylic oxidation sites excluding steroid dienone is 2. The summed E-state index contributed by atoms with van der Waals surface area (Å²) in [5.74, 6) is -2.34. The van der Waals surface area contributed by atoms with Crippen molar-refractivity contribution in [2.24, 2.45) is 5.92 Å². The third-order valence-corrected chi connectivity index (χ3v) is 12.6. The normalized spacial score (nSPS) is 11.7. The van der Waals surface area contributed by atoms with Gasteiger partial charge in [-0.3, -0.25) is 19.2 Å². The molecule has 0 aliphatic heterocycles. The van der Waals surface area contributed by atoms with Crippen LogP contribution in [0, 0.1) is 5.92 Å². The Labute approximate surface area is 395 Å². The van der Waals surface area contributed by atoms with Gasteiger partial charge in [0.15, 0.2) is 0 Å². The molecule has 8 nitrogen and oxygen atoms in total. The Hall–Kier alpha value is -2.38. The zero-order valence-electron chi connectivity index (χ0n) is 42.3. The number of unbranched alkanes of at least 4 members (excludes halogenated alkanes) is 36. The molecule has 1 atom stereocenters. The Bertz CT molecular complexity index is 1030. The second-order valence-corrected chi connectivity index (χ2v) is 19.0. The minimum atomic E-state index is -0.727. The van der Waals surface area contributed by atoms with Crippen molar-refractivity contribution in [1.82, 2.24) is 0 Å². The first-order valence-corrected chi connectivity index (χ1v) is 27.7. The van der Waals surface area contributed by atoms with Crippen molar-refractivity contribution in [2.45, 2.75) is 309 Å². The molecule has 0 saturated heterocycles. The molecule has 0 amide bonds. The number of hydrogen-bond acceptors (Lipinski definition) is 5. The van der Waals surface area contributed by atoms with Gasteiger partial charge in [-0.1, -0.05) is 238 Å². The number of rotatable bonds is 51. The zero-order valence-corrected chi connectivity index (χ0v) is 42.3. The van der Waals surface area contributed by atoms with Crippen molar-refractivity contribution in [1.29, 1.82) is 0 Å². The molecule has 0 saturated carbocycles. The lowest BCUT2D eigenvalue weighted by molar-refractivity contribution is -0.144. The largest absolute Gasteiger partial charge is 0.481 e. The monoisotopic (exact) mass is 907 g/mol. The van der Waals surface area contributed by atoms with Crippen LogP contribution in [0.25, 0.3) is 0 Å². The number of ether oxygens (including phenoxy) is 1. The van der Waals surface area contributed by atoms with Gasteiger partial charge >= 0.3 is 23.9 Å². The molecule has 3 N–H and O–H groups in total. The molecule has 8 heteroatoms. The fraction of sp³-hybridized carbons (Fsp3) is 0.893.